The Bertz CT molecular complexity index is 931. The molecular weight excluding hydrogens is 335 g/mol. The quantitative estimate of drug-likeness (QED) is 0.673. The van der Waals surface area contributed by atoms with Gasteiger partial charge in [0.25, 0.3) is 0 Å². The van der Waals surface area contributed by atoms with Crippen molar-refractivity contribution in [3.8, 4) is 11.3 Å². The summed E-state index contributed by atoms with van der Waals surface area (Å²) in [6, 6.07) is 7.82. The van der Waals surface area contributed by atoms with Crippen molar-refractivity contribution in [3.63, 3.8) is 0 Å². The Morgan fingerprint density at radius 3 is 2.52 bits per heavy atom. The Labute approximate surface area is 141 Å². The van der Waals surface area contributed by atoms with Gasteiger partial charge in [0, 0.05) is 5.56 Å². The summed E-state index contributed by atoms with van der Waals surface area (Å²) in [5, 5.41) is 3.67. The molecule has 0 saturated heterocycles. The first-order valence-corrected chi connectivity index (χ1v) is 7.51. The van der Waals surface area contributed by atoms with Crippen LogP contribution in [-0.4, -0.2) is 27.2 Å². The first kappa shape index (κ1) is 16.9. The highest BCUT2D eigenvalue weighted by atomic mass is 19.4. The zero-order valence-electron chi connectivity index (χ0n) is 13.5. The monoisotopic (exact) mass is 349 g/mol. The number of nitrogens with zero attached hydrogens (tertiary/aromatic N) is 3. The summed E-state index contributed by atoms with van der Waals surface area (Å²) in [6.07, 6.45) is -3.62. The molecule has 0 bridgehead atoms. The normalized spacial score (nSPS) is 11.7. The molecular formula is C17H14F3N3O2. The molecule has 3 aromatic rings. The van der Waals surface area contributed by atoms with Crippen molar-refractivity contribution in [2.24, 2.45) is 0 Å². The average molecular weight is 349 g/mol. The van der Waals surface area contributed by atoms with E-state index in [1.54, 1.807) is 31.2 Å². The fourth-order valence-corrected chi connectivity index (χ4v) is 2.39. The molecule has 0 unspecified atom stereocenters. The van der Waals surface area contributed by atoms with E-state index in [1.807, 2.05) is 6.92 Å². The Hall–Kier alpha value is -2.90. The van der Waals surface area contributed by atoms with Crippen molar-refractivity contribution in [1.29, 1.82) is 0 Å². The van der Waals surface area contributed by atoms with E-state index in [2.05, 4.69) is 10.1 Å². The lowest BCUT2D eigenvalue weighted by molar-refractivity contribution is -0.142. The topological polar surface area (TPSA) is 56.5 Å². The zero-order chi connectivity index (χ0) is 18.2. The molecule has 5 nitrogen and oxygen atoms in total. The molecule has 0 spiro atoms. The molecule has 0 amide bonds. The van der Waals surface area contributed by atoms with Gasteiger partial charge in [-0.15, -0.1) is 0 Å². The van der Waals surface area contributed by atoms with Crippen molar-refractivity contribution in [2.45, 2.75) is 20.0 Å². The molecule has 8 heteroatoms. The molecule has 3 rings (SSSR count). The molecule has 0 N–H and O–H groups in total. The van der Waals surface area contributed by atoms with Gasteiger partial charge in [-0.2, -0.15) is 18.3 Å². The molecule has 0 fully saturated rings. The zero-order valence-corrected chi connectivity index (χ0v) is 13.5. The third kappa shape index (κ3) is 3.19. The van der Waals surface area contributed by atoms with Crippen LogP contribution in [0.3, 0.4) is 0 Å². The van der Waals surface area contributed by atoms with Crippen molar-refractivity contribution in [3.05, 3.63) is 53.3 Å². The number of carbonyl (C=O) groups excluding carboxylic acids is 1. The van der Waals surface area contributed by atoms with Gasteiger partial charge in [-0.25, -0.2) is 14.3 Å². The molecule has 2 heterocycles. The van der Waals surface area contributed by atoms with E-state index in [9.17, 15) is 18.0 Å². The van der Waals surface area contributed by atoms with E-state index in [0.717, 1.165) is 17.8 Å². The lowest BCUT2D eigenvalue weighted by atomic mass is 10.1. The molecule has 0 aliphatic rings. The van der Waals surface area contributed by atoms with E-state index in [0.29, 0.717) is 10.1 Å². The third-order valence-corrected chi connectivity index (χ3v) is 3.60. The molecule has 25 heavy (non-hydrogen) atoms. The Kier molecular flexibility index (Phi) is 4.20. The first-order valence-electron chi connectivity index (χ1n) is 7.51. The Morgan fingerprint density at radius 1 is 1.24 bits per heavy atom. The predicted molar refractivity (Wildman–Crippen MR) is 84.1 cm³/mol. The van der Waals surface area contributed by atoms with Gasteiger partial charge < -0.3 is 4.74 Å². The van der Waals surface area contributed by atoms with Crippen LogP contribution < -0.4 is 0 Å². The van der Waals surface area contributed by atoms with E-state index in [-0.39, 0.29) is 23.5 Å². The second-order valence-corrected chi connectivity index (χ2v) is 5.40. The number of alkyl halides is 3. The largest absolute Gasteiger partial charge is 0.462 e. The predicted octanol–water partition coefficient (Wildman–Crippen LogP) is 3.90. The summed E-state index contributed by atoms with van der Waals surface area (Å²) in [6.45, 7) is 3.58. The first-order chi connectivity index (χ1) is 11.8. The lowest BCUT2D eigenvalue weighted by Gasteiger charge is -2.11. The van der Waals surface area contributed by atoms with Crippen LogP contribution in [-0.2, 0) is 10.9 Å². The number of aromatic nitrogens is 3. The number of esters is 1. The minimum atomic E-state index is -4.65. The van der Waals surface area contributed by atoms with Crippen LogP contribution in [0.15, 0.2) is 36.5 Å². The molecule has 130 valence electrons. The number of aryl methyl sites for hydroxylation is 1. The summed E-state index contributed by atoms with van der Waals surface area (Å²) in [7, 11) is 0. The number of ether oxygens (including phenoxy) is 1. The van der Waals surface area contributed by atoms with Crippen LogP contribution >= 0.6 is 0 Å². The number of hydrogen-bond acceptors (Lipinski definition) is 4. The van der Waals surface area contributed by atoms with Gasteiger partial charge >= 0.3 is 12.1 Å². The summed E-state index contributed by atoms with van der Waals surface area (Å²) < 4.78 is 45.8. The van der Waals surface area contributed by atoms with E-state index >= 15 is 0 Å². The molecule has 0 aliphatic heterocycles. The average Bonchev–Trinajstić information content (AvgIpc) is 2.97. The van der Waals surface area contributed by atoms with Gasteiger partial charge in [-0.05, 0) is 19.9 Å². The number of benzene rings is 1. The maximum Gasteiger partial charge on any atom is 0.433 e. The van der Waals surface area contributed by atoms with Gasteiger partial charge in [0.15, 0.2) is 11.3 Å². The second-order valence-electron chi connectivity index (χ2n) is 5.40. The summed E-state index contributed by atoms with van der Waals surface area (Å²) in [5.41, 5.74) is 0.270. The number of rotatable bonds is 3. The minimum absolute atomic E-state index is 0.0972. The van der Waals surface area contributed by atoms with Crippen molar-refractivity contribution in [2.75, 3.05) is 6.61 Å². The molecule has 2 aromatic heterocycles. The Balaban J connectivity index is 2.26. The Morgan fingerprint density at radius 2 is 1.92 bits per heavy atom. The van der Waals surface area contributed by atoms with Gasteiger partial charge in [-0.3, -0.25) is 0 Å². The fourth-order valence-electron chi connectivity index (χ4n) is 2.39. The van der Waals surface area contributed by atoms with Crippen LogP contribution in [0.5, 0.6) is 0 Å². The summed E-state index contributed by atoms with van der Waals surface area (Å²) in [5.74, 6) is -0.765. The van der Waals surface area contributed by atoms with Crippen LogP contribution in [0, 0.1) is 6.92 Å². The van der Waals surface area contributed by atoms with Crippen LogP contribution in [0.2, 0.25) is 0 Å². The molecule has 0 atom stereocenters. The molecule has 0 radical (unpaired) electrons. The van der Waals surface area contributed by atoms with Crippen LogP contribution in [0.1, 0.15) is 28.5 Å². The highest BCUT2D eigenvalue weighted by molar-refractivity contribution is 5.96. The van der Waals surface area contributed by atoms with E-state index in [4.69, 9.17) is 4.74 Å². The van der Waals surface area contributed by atoms with Gasteiger partial charge in [0.05, 0.1) is 18.5 Å². The van der Waals surface area contributed by atoms with Crippen molar-refractivity contribution < 1.29 is 22.7 Å². The smallest absolute Gasteiger partial charge is 0.433 e. The van der Waals surface area contributed by atoms with Gasteiger partial charge in [0.1, 0.15) is 5.56 Å². The number of halogens is 3. The highest BCUT2D eigenvalue weighted by Crippen LogP contribution is 2.32. The molecule has 0 aliphatic carbocycles. The maximum absolute atomic E-state index is 13.4. The minimum Gasteiger partial charge on any atom is -0.462 e. The lowest BCUT2D eigenvalue weighted by Crippen LogP contribution is -2.14. The standard InChI is InChI=1S/C17H14F3N3O2/c1-3-25-16(24)12-9-21-23-14(17(18,19)20)8-13(22-15(12)23)11-6-4-10(2)5-7-11/h4-9H,3H2,1-2H3. The second kappa shape index (κ2) is 6.19. The van der Waals surface area contributed by atoms with Crippen molar-refractivity contribution >= 4 is 11.6 Å². The SMILES string of the molecule is CCOC(=O)c1cnn2c(C(F)(F)F)cc(-c3ccc(C)cc3)nc12. The van der Waals surface area contributed by atoms with Crippen molar-refractivity contribution in [1.82, 2.24) is 14.6 Å². The summed E-state index contributed by atoms with van der Waals surface area (Å²) >= 11 is 0. The highest BCUT2D eigenvalue weighted by Gasteiger charge is 2.36. The number of fused-ring (bicyclic) bond motifs is 1. The summed E-state index contributed by atoms with van der Waals surface area (Å²) in [4.78, 5) is 16.2. The van der Waals surface area contributed by atoms with E-state index in [1.165, 1.54) is 0 Å². The number of hydrogen-bond donors (Lipinski definition) is 0. The molecule has 0 saturated carbocycles. The van der Waals surface area contributed by atoms with Gasteiger partial charge in [0.2, 0.25) is 0 Å². The van der Waals surface area contributed by atoms with Crippen LogP contribution in [0.25, 0.3) is 16.9 Å². The molecule has 1 aromatic carbocycles. The fraction of sp³-hybridized carbons (Fsp3) is 0.235. The number of carbonyl (C=O) groups is 1. The van der Waals surface area contributed by atoms with Gasteiger partial charge in [-0.1, -0.05) is 29.8 Å². The third-order valence-electron chi connectivity index (χ3n) is 3.60. The maximum atomic E-state index is 13.4. The van der Waals surface area contributed by atoms with Crippen LogP contribution in [0.4, 0.5) is 13.2 Å². The van der Waals surface area contributed by atoms with E-state index < -0.39 is 17.8 Å².